The van der Waals surface area contributed by atoms with E-state index in [1.54, 1.807) is 0 Å². The molecule has 0 N–H and O–H groups in total. The van der Waals surface area contributed by atoms with Crippen molar-refractivity contribution in [2.75, 3.05) is 0 Å². The molecule has 10 nitrogen and oxygen atoms in total. The van der Waals surface area contributed by atoms with Gasteiger partial charge in [-0.2, -0.15) is 0 Å². The average molecular weight is 490 g/mol. The Hall–Kier alpha value is 1.81. The third-order valence-corrected chi connectivity index (χ3v) is 4.16. The van der Waals surface area contributed by atoms with Crippen LogP contribution in [-0.2, 0) is 9.13 Å². The molecule has 0 atom stereocenters. The summed E-state index contributed by atoms with van der Waals surface area (Å²) in [6.07, 6.45) is 0. The molecule has 16 heteroatoms. The van der Waals surface area contributed by atoms with Crippen LogP contribution in [0.1, 0.15) is 17.5 Å². The summed E-state index contributed by atoms with van der Waals surface area (Å²) in [5.74, 6) is -1.89. The number of phosphoric acid groups is 2. The number of carbonyl (C=O) groups is 1. The number of ketones is 1. The van der Waals surface area contributed by atoms with Gasteiger partial charge in [0.1, 0.15) is 21.4 Å². The van der Waals surface area contributed by atoms with Crippen LogP contribution in [0.15, 0.2) is 34.7 Å². The Balaban J connectivity index is 0. The number of Topliss-reactive ketones (excluding diaryl/α,β-unsaturated/α-hetero) is 1. The number of rotatable bonds is 5. The molecule has 138 valence electrons. The van der Waals surface area contributed by atoms with Crippen LogP contribution in [0.2, 0.25) is 0 Å². The Morgan fingerprint density at radius 2 is 1.27 bits per heavy atom. The van der Waals surface area contributed by atoms with Crippen LogP contribution in [0, 0.1) is 0 Å². The minimum atomic E-state index is -5.53. The topological polar surface area (TPSA) is 175 Å². The smallest absolute Gasteiger partial charge is 0.780 e. The summed E-state index contributed by atoms with van der Waals surface area (Å²) < 4.78 is 36.4. The first kappa shape index (κ1) is 34.0. The Bertz CT molecular complexity index is 1060. The second kappa shape index (κ2) is 13.0. The van der Waals surface area contributed by atoms with Gasteiger partial charge in [-0.15, -0.1) is 0 Å². The predicted octanol–water partition coefficient (Wildman–Crippen LogP) is -11.8. The molecule has 0 amide bonds. The molecule has 0 spiro atoms. The van der Waals surface area contributed by atoms with Crippen molar-refractivity contribution in [3.05, 3.63) is 36.1 Å². The van der Waals surface area contributed by atoms with Gasteiger partial charge in [0.15, 0.2) is 22.9 Å². The summed E-state index contributed by atoms with van der Waals surface area (Å²) in [7, 11) is -11.0. The van der Waals surface area contributed by atoms with Gasteiger partial charge in [-0.1, -0.05) is 24.3 Å². The molecule has 0 bridgehead atoms. The largest absolute Gasteiger partial charge is 1.00 e. The fourth-order valence-corrected chi connectivity index (χ4v) is 3.29. The quantitative estimate of drug-likeness (QED) is 0.190. The Kier molecular flexibility index (Phi) is 14.8. The van der Waals surface area contributed by atoms with Gasteiger partial charge in [0, 0.05) is 17.7 Å². The molecule has 1 heterocycles. The maximum absolute atomic E-state index is 11.6. The van der Waals surface area contributed by atoms with Crippen LogP contribution in [-0.4, -0.2) is 5.78 Å². The molecule has 0 aliphatic carbocycles. The maximum atomic E-state index is 11.6. The molecule has 3 aromatic rings. The second-order valence-electron chi connectivity index (χ2n) is 5.19. The molecule has 0 saturated carbocycles. The van der Waals surface area contributed by atoms with Crippen molar-refractivity contribution in [3.63, 3.8) is 0 Å². The van der Waals surface area contributed by atoms with Gasteiger partial charge in [0.2, 0.25) is 0 Å². The first-order chi connectivity index (χ1) is 12.0. The van der Waals surface area contributed by atoms with Crippen molar-refractivity contribution in [1.82, 2.24) is 0 Å². The monoisotopic (exact) mass is 490 g/mol. The zero-order chi connectivity index (χ0) is 19.3. The number of hydrogen-bond acceptors (Lipinski definition) is 10. The van der Waals surface area contributed by atoms with E-state index in [1.807, 2.05) is 0 Å². The van der Waals surface area contributed by atoms with Crippen LogP contribution in [0.25, 0.3) is 21.7 Å². The number of phosphoric ester groups is 2. The van der Waals surface area contributed by atoms with Crippen LogP contribution in [0.4, 0.5) is 0 Å². The van der Waals surface area contributed by atoms with Crippen LogP contribution >= 0.6 is 15.6 Å². The molecule has 0 saturated heterocycles. The van der Waals surface area contributed by atoms with E-state index in [0.29, 0.717) is 0 Å². The average Bonchev–Trinajstić information content (AvgIpc) is 2.94. The molecule has 30 heavy (non-hydrogen) atoms. The van der Waals surface area contributed by atoms with Gasteiger partial charge in [-0.05, 0) is 6.07 Å². The Morgan fingerprint density at radius 3 is 1.70 bits per heavy atom. The summed E-state index contributed by atoms with van der Waals surface area (Å²) in [4.78, 5) is 56.0. The van der Waals surface area contributed by atoms with Gasteiger partial charge in [-0.25, -0.2) is 0 Å². The van der Waals surface area contributed by atoms with Gasteiger partial charge >= 0.3 is 118 Å². The SMILES string of the molecule is CC(=O)c1cc2c(OP(=O)([O-])[O-])c3ccccc3c(OP(=O)([O-])[O-])c2o1.[Na+].[Na+].[Na+].[Na+]. The molecular weight excluding hydrogens is 482 g/mol. The summed E-state index contributed by atoms with van der Waals surface area (Å²) in [5, 5.41) is -0.324. The summed E-state index contributed by atoms with van der Waals surface area (Å²) in [6.45, 7) is 1.14. The van der Waals surface area contributed by atoms with Crippen molar-refractivity contribution < 1.29 is 165 Å². The first-order valence-corrected chi connectivity index (χ1v) is 9.81. The Morgan fingerprint density at radius 1 is 0.833 bits per heavy atom. The van der Waals surface area contributed by atoms with E-state index in [2.05, 4.69) is 9.05 Å². The van der Waals surface area contributed by atoms with E-state index in [4.69, 9.17) is 4.42 Å². The van der Waals surface area contributed by atoms with E-state index in [9.17, 15) is 33.5 Å². The van der Waals surface area contributed by atoms with E-state index in [0.717, 1.165) is 13.0 Å². The predicted molar refractivity (Wildman–Crippen MR) is 80.2 cm³/mol. The molecule has 0 radical (unpaired) electrons. The maximum Gasteiger partial charge on any atom is 1.00 e. The third-order valence-electron chi connectivity index (χ3n) is 3.35. The van der Waals surface area contributed by atoms with E-state index >= 15 is 0 Å². The number of benzene rings is 2. The summed E-state index contributed by atoms with van der Waals surface area (Å²) in [6, 6.07) is 6.55. The zero-order valence-corrected chi connectivity index (χ0v) is 26.7. The van der Waals surface area contributed by atoms with Crippen LogP contribution in [0.3, 0.4) is 0 Å². The van der Waals surface area contributed by atoms with Gasteiger partial charge in [-0.3, -0.25) is 4.79 Å². The number of furan rings is 1. The van der Waals surface area contributed by atoms with Crippen LogP contribution in [0.5, 0.6) is 11.5 Å². The summed E-state index contributed by atoms with van der Waals surface area (Å²) >= 11 is 0. The normalized spacial score (nSPS) is 10.8. The third kappa shape index (κ3) is 8.24. The molecule has 0 fully saturated rings. The molecule has 3 rings (SSSR count). The first-order valence-electron chi connectivity index (χ1n) is 6.89. The molecule has 0 unspecified atom stereocenters. The van der Waals surface area contributed by atoms with Crippen molar-refractivity contribution in [2.24, 2.45) is 0 Å². The van der Waals surface area contributed by atoms with Crippen LogP contribution < -0.4 is 147 Å². The molecule has 0 aliphatic heterocycles. The zero-order valence-electron chi connectivity index (χ0n) is 16.9. The van der Waals surface area contributed by atoms with Crippen molar-refractivity contribution >= 4 is 43.2 Å². The molecule has 1 aromatic heterocycles. The van der Waals surface area contributed by atoms with Gasteiger partial charge in [0.25, 0.3) is 0 Å². The van der Waals surface area contributed by atoms with E-state index < -0.39 is 38.5 Å². The van der Waals surface area contributed by atoms with Gasteiger partial charge < -0.3 is 42.2 Å². The standard InChI is InChI=1S/C14H12O10P2.4Na/c1-7(15)11-6-10-12(23-25(16,17)18)8-4-2-3-5-9(8)14(13(10)22-11)24-26(19,20)21;;;;/h2-6H,1H3,(H2,16,17,18)(H2,19,20,21);;;;/q;4*+1/p-4. The summed E-state index contributed by atoms with van der Waals surface area (Å²) in [5.41, 5.74) is -0.427. The number of carbonyl (C=O) groups excluding carboxylic acids is 1. The number of hydrogen-bond donors (Lipinski definition) is 0. The second-order valence-corrected chi connectivity index (χ2v) is 7.34. The minimum Gasteiger partial charge on any atom is -0.780 e. The van der Waals surface area contributed by atoms with E-state index in [-0.39, 0.29) is 140 Å². The van der Waals surface area contributed by atoms with Gasteiger partial charge in [0.05, 0.1) is 5.39 Å². The van der Waals surface area contributed by atoms with Crippen molar-refractivity contribution in [3.8, 4) is 11.5 Å². The van der Waals surface area contributed by atoms with Crippen molar-refractivity contribution in [2.45, 2.75) is 6.92 Å². The number of fused-ring (bicyclic) bond motifs is 2. The van der Waals surface area contributed by atoms with E-state index in [1.165, 1.54) is 24.3 Å². The fraction of sp³-hybridized carbons (Fsp3) is 0.0714. The Labute approximate surface area is 259 Å². The fourth-order valence-electron chi connectivity index (χ4n) is 2.46. The molecule has 0 aliphatic rings. The minimum absolute atomic E-state index is 0. The van der Waals surface area contributed by atoms with Crippen molar-refractivity contribution in [1.29, 1.82) is 0 Å². The molecule has 2 aromatic carbocycles. The molecular formula is C14H8Na4O10P2.